The van der Waals surface area contributed by atoms with Gasteiger partial charge in [0.05, 0.1) is 6.04 Å². The second kappa shape index (κ2) is 7.81. The monoisotopic (exact) mass is 389 g/mol. The molecule has 0 spiro atoms. The Kier molecular flexibility index (Phi) is 5.49. The van der Waals surface area contributed by atoms with Gasteiger partial charge in [-0.05, 0) is 48.9 Å². The second-order valence-electron chi connectivity index (χ2n) is 5.94. The van der Waals surface area contributed by atoms with Crippen LogP contribution in [-0.2, 0) is 4.79 Å². The molecule has 0 saturated carbocycles. The predicted octanol–water partition coefficient (Wildman–Crippen LogP) is 4.56. The molecule has 0 bridgehead atoms. The van der Waals surface area contributed by atoms with Gasteiger partial charge in [-0.15, -0.1) is 0 Å². The SMILES string of the molecule is C[C@@H]1CNC(=O)N1c1cccc(NC(=O)/C=C\c2ccc(Cl)cc2Cl)c1. The van der Waals surface area contributed by atoms with Crippen molar-refractivity contribution in [3.63, 3.8) is 0 Å². The smallest absolute Gasteiger partial charge is 0.322 e. The Balaban J connectivity index is 1.70. The molecule has 26 heavy (non-hydrogen) atoms. The van der Waals surface area contributed by atoms with Crippen molar-refractivity contribution in [1.29, 1.82) is 0 Å². The van der Waals surface area contributed by atoms with Crippen LogP contribution in [0.5, 0.6) is 0 Å². The average molecular weight is 390 g/mol. The zero-order chi connectivity index (χ0) is 18.7. The van der Waals surface area contributed by atoms with Crippen LogP contribution in [0.3, 0.4) is 0 Å². The molecule has 0 radical (unpaired) electrons. The molecule has 2 aromatic carbocycles. The molecular formula is C19H17Cl2N3O2. The Hall–Kier alpha value is -2.50. The molecule has 2 aromatic rings. The fraction of sp³-hybridized carbons (Fsp3) is 0.158. The highest BCUT2D eigenvalue weighted by molar-refractivity contribution is 6.35. The molecule has 7 heteroatoms. The summed E-state index contributed by atoms with van der Waals surface area (Å²) in [5, 5.41) is 6.58. The van der Waals surface area contributed by atoms with E-state index in [0.29, 0.717) is 27.8 Å². The van der Waals surface area contributed by atoms with Gasteiger partial charge in [-0.1, -0.05) is 35.3 Å². The molecule has 1 saturated heterocycles. The zero-order valence-corrected chi connectivity index (χ0v) is 15.5. The number of carbonyl (C=O) groups excluding carboxylic acids is 2. The number of hydrogen-bond donors (Lipinski definition) is 2. The third-order valence-electron chi connectivity index (χ3n) is 3.98. The van der Waals surface area contributed by atoms with Gasteiger partial charge in [0.1, 0.15) is 0 Å². The summed E-state index contributed by atoms with van der Waals surface area (Å²) in [4.78, 5) is 25.8. The predicted molar refractivity (Wildman–Crippen MR) is 106 cm³/mol. The summed E-state index contributed by atoms with van der Waals surface area (Å²) < 4.78 is 0. The van der Waals surface area contributed by atoms with Crippen molar-refractivity contribution in [3.05, 3.63) is 64.1 Å². The van der Waals surface area contributed by atoms with Crippen molar-refractivity contribution in [2.45, 2.75) is 13.0 Å². The van der Waals surface area contributed by atoms with Gasteiger partial charge in [-0.25, -0.2) is 4.79 Å². The van der Waals surface area contributed by atoms with Crippen LogP contribution < -0.4 is 15.5 Å². The van der Waals surface area contributed by atoms with E-state index >= 15 is 0 Å². The van der Waals surface area contributed by atoms with Crippen LogP contribution in [0.4, 0.5) is 16.2 Å². The van der Waals surface area contributed by atoms with Gasteiger partial charge in [0.25, 0.3) is 0 Å². The molecule has 1 atom stereocenters. The maximum atomic E-state index is 12.2. The van der Waals surface area contributed by atoms with E-state index < -0.39 is 0 Å². The lowest BCUT2D eigenvalue weighted by Gasteiger charge is -2.20. The molecule has 0 unspecified atom stereocenters. The van der Waals surface area contributed by atoms with Crippen molar-refractivity contribution < 1.29 is 9.59 Å². The van der Waals surface area contributed by atoms with Gasteiger partial charge < -0.3 is 10.6 Å². The number of benzene rings is 2. The standard InChI is InChI=1S/C19H17Cl2N3O2/c1-12-11-22-19(26)24(12)16-4-2-3-15(10-16)23-18(25)8-6-13-5-7-14(20)9-17(13)21/h2-10,12H,11H2,1H3,(H,22,26)(H,23,25)/b8-6-/t12-/m1/s1. The summed E-state index contributed by atoms with van der Waals surface area (Å²) in [6.07, 6.45) is 3.01. The van der Waals surface area contributed by atoms with Gasteiger partial charge in [0.15, 0.2) is 0 Å². The topological polar surface area (TPSA) is 61.4 Å². The molecule has 3 rings (SSSR count). The number of halogens is 2. The fourth-order valence-corrected chi connectivity index (χ4v) is 3.17. The minimum atomic E-state index is -0.299. The molecule has 1 heterocycles. The van der Waals surface area contributed by atoms with Crippen LogP contribution in [0, 0.1) is 0 Å². The van der Waals surface area contributed by atoms with Crippen molar-refractivity contribution in [3.8, 4) is 0 Å². The van der Waals surface area contributed by atoms with E-state index in [1.807, 2.05) is 13.0 Å². The summed E-state index contributed by atoms with van der Waals surface area (Å²) in [5.74, 6) is -0.299. The zero-order valence-electron chi connectivity index (χ0n) is 14.0. The summed E-state index contributed by atoms with van der Waals surface area (Å²) >= 11 is 11.9. The number of urea groups is 1. The number of anilines is 2. The van der Waals surface area contributed by atoms with Gasteiger partial charge in [-0.2, -0.15) is 0 Å². The first-order chi connectivity index (χ1) is 12.4. The quantitative estimate of drug-likeness (QED) is 0.752. The third kappa shape index (κ3) is 4.18. The number of nitrogens with zero attached hydrogens (tertiary/aromatic N) is 1. The van der Waals surface area contributed by atoms with E-state index in [9.17, 15) is 9.59 Å². The highest BCUT2D eigenvalue weighted by Crippen LogP contribution is 2.24. The Labute approximate surface area is 161 Å². The Morgan fingerprint density at radius 2 is 2.08 bits per heavy atom. The van der Waals surface area contributed by atoms with Crippen LogP contribution >= 0.6 is 23.2 Å². The summed E-state index contributed by atoms with van der Waals surface area (Å²) in [7, 11) is 0. The van der Waals surface area contributed by atoms with Crippen LogP contribution in [0.1, 0.15) is 12.5 Å². The summed E-state index contributed by atoms with van der Waals surface area (Å²) in [6.45, 7) is 2.56. The Morgan fingerprint density at radius 3 is 2.77 bits per heavy atom. The molecule has 1 fully saturated rings. The fourth-order valence-electron chi connectivity index (χ4n) is 2.70. The van der Waals surface area contributed by atoms with Gasteiger partial charge >= 0.3 is 6.03 Å². The number of nitrogens with one attached hydrogen (secondary N) is 2. The van der Waals surface area contributed by atoms with E-state index in [1.165, 1.54) is 6.08 Å². The highest BCUT2D eigenvalue weighted by atomic mass is 35.5. The normalized spacial score (nSPS) is 16.8. The molecule has 0 aliphatic carbocycles. The van der Waals surface area contributed by atoms with Crippen LogP contribution in [0.2, 0.25) is 10.0 Å². The van der Waals surface area contributed by atoms with E-state index in [4.69, 9.17) is 23.2 Å². The van der Waals surface area contributed by atoms with Crippen LogP contribution in [-0.4, -0.2) is 24.5 Å². The molecule has 1 aliphatic heterocycles. The van der Waals surface area contributed by atoms with Crippen LogP contribution in [0.25, 0.3) is 6.08 Å². The van der Waals surface area contributed by atoms with Gasteiger partial charge in [-0.3, -0.25) is 9.69 Å². The molecule has 2 N–H and O–H groups in total. The van der Waals surface area contributed by atoms with Crippen molar-refractivity contribution in [2.75, 3.05) is 16.8 Å². The van der Waals surface area contributed by atoms with Crippen molar-refractivity contribution in [2.24, 2.45) is 0 Å². The number of amides is 3. The van der Waals surface area contributed by atoms with Crippen molar-refractivity contribution in [1.82, 2.24) is 5.32 Å². The largest absolute Gasteiger partial charge is 0.336 e. The number of carbonyl (C=O) groups is 2. The van der Waals surface area contributed by atoms with E-state index in [1.54, 1.807) is 47.4 Å². The van der Waals surface area contributed by atoms with Crippen molar-refractivity contribution >= 4 is 52.6 Å². The lowest BCUT2D eigenvalue weighted by atomic mass is 10.2. The number of rotatable bonds is 4. The van der Waals surface area contributed by atoms with E-state index in [2.05, 4.69) is 10.6 Å². The minimum absolute atomic E-state index is 0.0559. The second-order valence-corrected chi connectivity index (χ2v) is 6.79. The van der Waals surface area contributed by atoms with E-state index in [0.717, 1.165) is 5.69 Å². The molecule has 5 nitrogen and oxygen atoms in total. The first-order valence-electron chi connectivity index (χ1n) is 8.05. The summed E-state index contributed by atoms with van der Waals surface area (Å²) in [6, 6.07) is 12.1. The maximum absolute atomic E-state index is 12.2. The molecule has 1 aliphatic rings. The van der Waals surface area contributed by atoms with E-state index in [-0.39, 0.29) is 18.0 Å². The highest BCUT2D eigenvalue weighted by Gasteiger charge is 2.28. The minimum Gasteiger partial charge on any atom is -0.336 e. The number of hydrogen-bond acceptors (Lipinski definition) is 2. The maximum Gasteiger partial charge on any atom is 0.322 e. The lowest BCUT2D eigenvalue weighted by molar-refractivity contribution is -0.111. The first-order valence-corrected chi connectivity index (χ1v) is 8.81. The third-order valence-corrected chi connectivity index (χ3v) is 4.54. The first kappa shape index (κ1) is 18.3. The molecular weight excluding hydrogens is 373 g/mol. The lowest BCUT2D eigenvalue weighted by Crippen LogP contribution is -2.32. The average Bonchev–Trinajstić information content (AvgIpc) is 2.93. The van der Waals surface area contributed by atoms with Gasteiger partial charge in [0.2, 0.25) is 5.91 Å². The summed E-state index contributed by atoms with van der Waals surface area (Å²) in [5.41, 5.74) is 2.03. The molecule has 3 amide bonds. The van der Waals surface area contributed by atoms with Crippen LogP contribution in [0.15, 0.2) is 48.5 Å². The molecule has 134 valence electrons. The Morgan fingerprint density at radius 1 is 1.27 bits per heavy atom. The molecule has 0 aromatic heterocycles. The van der Waals surface area contributed by atoms with Gasteiger partial charge in [0, 0.05) is 34.0 Å². The Bertz CT molecular complexity index is 883.